The Hall–Kier alpha value is -1.44. The number of methoxy groups -OCH3 is 1. The van der Waals surface area contributed by atoms with Gasteiger partial charge in [0.2, 0.25) is 10.0 Å². The van der Waals surface area contributed by atoms with E-state index in [1.54, 1.807) is 7.11 Å². The molecule has 0 saturated heterocycles. The molecule has 0 aliphatic heterocycles. The maximum absolute atomic E-state index is 11.9. The van der Waals surface area contributed by atoms with Crippen LogP contribution in [0, 0.1) is 0 Å². The Kier molecular flexibility index (Phi) is 4.74. The summed E-state index contributed by atoms with van der Waals surface area (Å²) in [6.07, 6.45) is 1.78. The van der Waals surface area contributed by atoms with Gasteiger partial charge >= 0.3 is 0 Å². The van der Waals surface area contributed by atoms with Crippen molar-refractivity contribution in [3.63, 3.8) is 0 Å². The van der Waals surface area contributed by atoms with Crippen LogP contribution in [-0.4, -0.2) is 40.6 Å². The smallest absolute Gasteiger partial charge is 0.251 e. The molecule has 1 aliphatic rings. The molecule has 0 atom stereocenters. The zero-order valence-corrected chi connectivity index (χ0v) is 12.1. The average Bonchev–Trinajstić information content (AvgIpc) is 3.22. The van der Waals surface area contributed by atoms with Crippen molar-refractivity contribution in [2.45, 2.75) is 23.8 Å². The SMILES string of the molecule is COCCNC(=O)c1ccc(S(=O)(=O)NC2CC2)cc1. The zero-order valence-electron chi connectivity index (χ0n) is 11.3. The number of ether oxygens (including phenoxy) is 1. The molecule has 20 heavy (non-hydrogen) atoms. The minimum atomic E-state index is -3.46. The molecule has 1 aromatic carbocycles. The summed E-state index contributed by atoms with van der Waals surface area (Å²) in [5.41, 5.74) is 0.423. The van der Waals surface area contributed by atoms with Gasteiger partial charge in [0.05, 0.1) is 11.5 Å². The first-order valence-electron chi connectivity index (χ1n) is 6.42. The Morgan fingerprint density at radius 1 is 1.30 bits per heavy atom. The van der Waals surface area contributed by atoms with Gasteiger partial charge in [-0.25, -0.2) is 13.1 Å². The van der Waals surface area contributed by atoms with Crippen LogP contribution < -0.4 is 10.0 Å². The summed E-state index contributed by atoms with van der Waals surface area (Å²) < 4.78 is 31.3. The minimum Gasteiger partial charge on any atom is -0.383 e. The maximum Gasteiger partial charge on any atom is 0.251 e. The molecule has 0 unspecified atom stereocenters. The highest BCUT2D eigenvalue weighted by Crippen LogP contribution is 2.22. The molecule has 110 valence electrons. The van der Waals surface area contributed by atoms with Crippen LogP contribution in [0.15, 0.2) is 29.2 Å². The summed E-state index contributed by atoms with van der Waals surface area (Å²) in [6.45, 7) is 0.849. The number of carbonyl (C=O) groups is 1. The second-order valence-corrected chi connectivity index (χ2v) is 6.38. The second kappa shape index (κ2) is 6.34. The predicted octanol–water partition coefficient (Wildman–Crippen LogP) is 0.504. The number of benzene rings is 1. The van der Waals surface area contributed by atoms with Gasteiger partial charge in [0.1, 0.15) is 0 Å². The van der Waals surface area contributed by atoms with E-state index in [1.165, 1.54) is 24.3 Å². The summed E-state index contributed by atoms with van der Waals surface area (Å²) in [7, 11) is -1.91. The Labute approximate surface area is 118 Å². The molecule has 0 heterocycles. The van der Waals surface area contributed by atoms with Gasteiger partial charge in [-0.15, -0.1) is 0 Å². The van der Waals surface area contributed by atoms with Gasteiger partial charge in [-0.1, -0.05) is 0 Å². The average molecular weight is 298 g/mol. The molecular weight excluding hydrogens is 280 g/mol. The lowest BCUT2D eigenvalue weighted by molar-refractivity contribution is 0.0937. The van der Waals surface area contributed by atoms with Gasteiger partial charge < -0.3 is 10.1 Å². The zero-order chi connectivity index (χ0) is 14.6. The van der Waals surface area contributed by atoms with Crippen molar-refractivity contribution in [2.75, 3.05) is 20.3 Å². The highest BCUT2D eigenvalue weighted by Gasteiger charge is 2.27. The highest BCUT2D eigenvalue weighted by atomic mass is 32.2. The molecule has 2 N–H and O–H groups in total. The largest absolute Gasteiger partial charge is 0.383 e. The molecule has 1 amide bonds. The van der Waals surface area contributed by atoms with Crippen molar-refractivity contribution in [3.05, 3.63) is 29.8 Å². The molecule has 1 aliphatic carbocycles. The molecule has 0 aromatic heterocycles. The van der Waals surface area contributed by atoms with E-state index >= 15 is 0 Å². The van der Waals surface area contributed by atoms with E-state index < -0.39 is 10.0 Å². The van der Waals surface area contributed by atoms with Gasteiger partial charge in [0.15, 0.2) is 0 Å². The summed E-state index contributed by atoms with van der Waals surface area (Å²) in [5, 5.41) is 2.67. The van der Waals surface area contributed by atoms with E-state index in [4.69, 9.17) is 4.74 Å². The predicted molar refractivity (Wildman–Crippen MR) is 74.0 cm³/mol. The fourth-order valence-corrected chi connectivity index (χ4v) is 2.95. The lowest BCUT2D eigenvalue weighted by Crippen LogP contribution is -2.27. The molecule has 0 bridgehead atoms. The first-order valence-corrected chi connectivity index (χ1v) is 7.91. The van der Waals surface area contributed by atoms with Crippen molar-refractivity contribution in [3.8, 4) is 0 Å². The van der Waals surface area contributed by atoms with E-state index in [1.807, 2.05) is 0 Å². The van der Waals surface area contributed by atoms with Crippen LogP contribution in [0.3, 0.4) is 0 Å². The third-order valence-electron chi connectivity index (χ3n) is 2.92. The molecule has 7 heteroatoms. The van der Waals surface area contributed by atoms with Crippen LogP contribution in [0.5, 0.6) is 0 Å². The fraction of sp³-hybridized carbons (Fsp3) is 0.462. The third kappa shape index (κ3) is 4.03. The van der Waals surface area contributed by atoms with Crippen molar-refractivity contribution in [2.24, 2.45) is 0 Å². The van der Waals surface area contributed by atoms with Gasteiger partial charge in [-0.3, -0.25) is 4.79 Å². The molecule has 2 rings (SSSR count). The van der Waals surface area contributed by atoms with Crippen LogP contribution in [0.4, 0.5) is 0 Å². The minimum absolute atomic E-state index is 0.0667. The van der Waals surface area contributed by atoms with Crippen molar-refractivity contribution in [1.82, 2.24) is 10.0 Å². The Morgan fingerprint density at radius 3 is 2.50 bits per heavy atom. The van der Waals surface area contributed by atoms with Crippen LogP contribution in [0.2, 0.25) is 0 Å². The van der Waals surface area contributed by atoms with E-state index in [9.17, 15) is 13.2 Å². The summed E-state index contributed by atoms with van der Waals surface area (Å²) in [5.74, 6) is -0.249. The number of carbonyl (C=O) groups excluding carboxylic acids is 1. The topological polar surface area (TPSA) is 84.5 Å². The molecule has 1 fully saturated rings. The number of hydrogen-bond donors (Lipinski definition) is 2. The number of sulfonamides is 1. The molecule has 0 spiro atoms. The number of amides is 1. The molecule has 0 radical (unpaired) electrons. The first kappa shape index (κ1) is 15.0. The maximum atomic E-state index is 11.9. The molecule has 6 nitrogen and oxygen atoms in total. The van der Waals surface area contributed by atoms with E-state index in [0.29, 0.717) is 18.7 Å². The van der Waals surface area contributed by atoms with Crippen LogP contribution in [0.1, 0.15) is 23.2 Å². The van der Waals surface area contributed by atoms with Gasteiger partial charge in [-0.2, -0.15) is 0 Å². The number of nitrogens with one attached hydrogen (secondary N) is 2. The summed E-state index contributed by atoms with van der Waals surface area (Å²) in [4.78, 5) is 11.9. The van der Waals surface area contributed by atoms with Gasteiger partial charge in [0, 0.05) is 25.3 Å². The van der Waals surface area contributed by atoms with Crippen LogP contribution in [0.25, 0.3) is 0 Å². The van der Waals surface area contributed by atoms with Crippen molar-refractivity contribution < 1.29 is 17.9 Å². The molecular formula is C13H18N2O4S. The van der Waals surface area contributed by atoms with E-state index in [0.717, 1.165) is 12.8 Å². The summed E-state index contributed by atoms with van der Waals surface area (Å²) in [6, 6.07) is 5.95. The fourth-order valence-electron chi connectivity index (χ4n) is 1.64. The molecule has 1 saturated carbocycles. The Bertz CT molecular complexity index is 565. The lowest BCUT2D eigenvalue weighted by atomic mass is 10.2. The highest BCUT2D eigenvalue weighted by molar-refractivity contribution is 7.89. The number of hydrogen-bond acceptors (Lipinski definition) is 4. The third-order valence-corrected chi connectivity index (χ3v) is 4.45. The standard InChI is InChI=1S/C13H18N2O4S/c1-19-9-8-14-13(16)10-2-6-12(7-3-10)20(17,18)15-11-4-5-11/h2-3,6-7,11,15H,4-5,8-9H2,1H3,(H,14,16). The second-order valence-electron chi connectivity index (χ2n) is 4.67. The Balaban J connectivity index is 2.00. The quantitative estimate of drug-likeness (QED) is 0.718. The molecule has 1 aromatic rings. The van der Waals surface area contributed by atoms with E-state index in [-0.39, 0.29) is 16.8 Å². The number of rotatable bonds is 7. The van der Waals surface area contributed by atoms with Crippen LogP contribution >= 0.6 is 0 Å². The summed E-state index contributed by atoms with van der Waals surface area (Å²) >= 11 is 0. The Morgan fingerprint density at radius 2 is 1.95 bits per heavy atom. The van der Waals surface area contributed by atoms with Crippen molar-refractivity contribution >= 4 is 15.9 Å². The van der Waals surface area contributed by atoms with E-state index in [2.05, 4.69) is 10.0 Å². The van der Waals surface area contributed by atoms with Crippen molar-refractivity contribution in [1.29, 1.82) is 0 Å². The van der Waals surface area contributed by atoms with Crippen LogP contribution in [-0.2, 0) is 14.8 Å². The monoisotopic (exact) mass is 298 g/mol. The van der Waals surface area contributed by atoms with Gasteiger partial charge in [-0.05, 0) is 37.1 Å². The normalized spacial score (nSPS) is 15.1. The first-order chi connectivity index (χ1) is 9.53. The van der Waals surface area contributed by atoms with Gasteiger partial charge in [0.25, 0.3) is 5.91 Å². The lowest BCUT2D eigenvalue weighted by Gasteiger charge is -2.07.